The molecule has 1 aromatic rings. The second kappa shape index (κ2) is 4.78. The Labute approximate surface area is 103 Å². The fourth-order valence-electron chi connectivity index (χ4n) is 1.28. The summed E-state index contributed by atoms with van der Waals surface area (Å²) in [7, 11) is -2.71. The molecule has 4 N–H and O–H groups in total. The van der Waals surface area contributed by atoms with Crippen LogP contribution < -0.4 is 10.5 Å². The van der Waals surface area contributed by atoms with Gasteiger partial charge in [-0.1, -0.05) is 0 Å². The molecule has 0 fully saturated rings. The highest BCUT2D eigenvalue weighted by molar-refractivity contribution is 7.89. The summed E-state index contributed by atoms with van der Waals surface area (Å²) in [5.41, 5.74) is 5.64. The minimum absolute atomic E-state index is 0.229. The van der Waals surface area contributed by atoms with Crippen molar-refractivity contribution in [2.45, 2.75) is 17.7 Å². The van der Waals surface area contributed by atoms with Crippen LogP contribution in [0, 0.1) is 6.92 Å². The number of rotatable bonds is 5. The zero-order valence-electron chi connectivity index (χ0n) is 9.81. The lowest BCUT2D eigenvalue weighted by Crippen LogP contribution is -2.39. The summed E-state index contributed by atoms with van der Waals surface area (Å²) in [6.07, 6.45) is 0. The molecule has 0 radical (unpaired) electrons. The van der Waals surface area contributed by atoms with Crippen molar-refractivity contribution < 1.29 is 22.3 Å². The van der Waals surface area contributed by atoms with Crippen LogP contribution in [-0.4, -0.2) is 42.4 Å². The zero-order chi connectivity index (χ0) is 14.1. The van der Waals surface area contributed by atoms with Crippen LogP contribution in [0.25, 0.3) is 0 Å². The molecule has 0 atom stereocenters. The van der Waals surface area contributed by atoms with E-state index in [9.17, 15) is 17.2 Å². The van der Waals surface area contributed by atoms with Gasteiger partial charge < -0.3 is 10.8 Å². The lowest BCUT2D eigenvalue weighted by Gasteiger charge is -2.14. The van der Waals surface area contributed by atoms with Crippen molar-refractivity contribution in [3.63, 3.8) is 0 Å². The molecule has 0 bridgehead atoms. The van der Waals surface area contributed by atoms with Crippen LogP contribution in [0.15, 0.2) is 4.90 Å². The predicted octanol–water partition coefficient (Wildman–Crippen LogP) is -0.783. The molecule has 104 valence electrons. The van der Waals surface area contributed by atoms with E-state index < -0.39 is 29.1 Å². The molecule has 18 heavy (non-hydrogen) atoms. The van der Waals surface area contributed by atoms with Gasteiger partial charge in [-0.2, -0.15) is 5.10 Å². The average molecular weight is 284 g/mol. The van der Waals surface area contributed by atoms with Gasteiger partial charge in [0.1, 0.15) is 11.5 Å². The fraction of sp³-hybridized carbons (Fsp3) is 0.625. The minimum atomic E-state index is -4.19. The normalized spacial score (nSPS) is 12.9. The zero-order valence-corrected chi connectivity index (χ0v) is 10.6. The first-order valence-corrected chi connectivity index (χ1v) is 6.36. The topological polar surface area (TPSA) is 110 Å². The third-order valence-corrected chi connectivity index (χ3v) is 3.89. The number of aliphatic hydroxyl groups excluding tert-OH is 1. The Balaban J connectivity index is 3.01. The molecule has 0 spiro atoms. The summed E-state index contributed by atoms with van der Waals surface area (Å²) in [6, 6.07) is 0. The molecule has 0 saturated heterocycles. The standard InChI is InChI=1S/C8H14F2N4O3S/c1-5-6(7(11)13-14(5)2)18(16,17)12-3-8(9,10)4-15/h12,15H,3-4H2,1-2H3,(H2,11,13). The van der Waals surface area contributed by atoms with Crippen molar-refractivity contribution in [3.8, 4) is 0 Å². The lowest BCUT2D eigenvalue weighted by atomic mass is 10.4. The summed E-state index contributed by atoms with van der Waals surface area (Å²) in [4.78, 5) is -0.335. The SMILES string of the molecule is Cc1c(S(=O)(=O)NCC(F)(F)CO)c(N)nn1C. The number of anilines is 1. The van der Waals surface area contributed by atoms with Gasteiger partial charge in [0.05, 0.1) is 12.2 Å². The van der Waals surface area contributed by atoms with Crippen molar-refractivity contribution in [3.05, 3.63) is 5.69 Å². The van der Waals surface area contributed by atoms with Gasteiger partial charge in [0.25, 0.3) is 5.92 Å². The van der Waals surface area contributed by atoms with E-state index in [1.807, 2.05) is 0 Å². The molecule has 0 aromatic carbocycles. The summed E-state index contributed by atoms with van der Waals surface area (Å²) in [5, 5.41) is 12.0. The highest BCUT2D eigenvalue weighted by Gasteiger charge is 2.32. The summed E-state index contributed by atoms with van der Waals surface area (Å²) in [6.45, 7) is -1.21. The first-order valence-electron chi connectivity index (χ1n) is 4.88. The second-order valence-corrected chi connectivity index (χ2v) is 5.47. The quantitative estimate of drug-likeness (QED) is 0.657. The van der Waals surface area contributed by atoms with E-state index in [4.69, 9.17) is 10.8 Å². The highest BCUT2D eigenvalue weighted by Crippen LogP contribution is 2.21. The van der Waals surface area contributed by atoms with Crippen LogP contribution >= 0.6 is 0 Å². The summed E-state index contributed by atoms with van der Waals surface area (Å²) in [5.74, 6) is -3.80. The smallest absolute Gasteiger partial charge is 0.283 e. The number of halogens is 2. The Morgan fingerprint density at radius 2 is 2.11 bits per heavy atom. The number of hydrogen-bond donors (Lipinski definition) is 3. The maximum atomic E-state index is 12.8. The molecule has 0 unspecified atom stereocenters. The number of hydrogen-bond acceptors (Lipinski definition) is 5. The molecule has 0 saturated carbocycles. The molecule has 10 heteroatoms. The van der Waals surface area contributed by atoms with E-state index in [0.717, 1.165) is 0 Å². The Morgan fingerprint density at radius 3 is 2.50 bits per heavy atom. The van der Waals surface area contributed by atoms with Crippen molar-refractivity contribution in [1.29, 1.82) is 0 Å². The highest BCUT2D eigenvalue weighted by atomic mass is 32.2. The molecule has 7 nitrogen and oxygen atoms in total. The number of sulfonamides is 1. The fourth-order valence-corrected chi connectivity index (χ4v) is 2.66. The third kappa shape index (κ3) is 2.94. The maximum Gasteiger partial charge on any atom is 0.283 e. The Kier molecular flexibility index (Phi) is 3.93. The third-order valence-electron chi connectivity index (χ3n) is 2.33. The van der Waals surface area contributed by atoms with Crippen molar-refractivity contribution in [1.82, 2.24) is 14.5 Å². The van der Waals surface area contributed by atoms with E-state index in [1.54, 1.807) is 4.72 Å². The van der Waals surface area contributed by atoms with Gasteiger partial charge in [-0.3, -0.25) is 4.68 Å². The van der Waals surface area contributed by atoms with Crippen LogP contribution in [-0.2, 0) is 17.1 Å². The Morgan fingerprint density at radius 1 is 1.56 bits per heavy atom. The van der Waals surface area contributed by atoms with Crippen molar-refractivity contribution in [2.75, 3.05) is 18.9 Å². The number of nitrogens with one attached hydrogen (secondary N) is 1. The van der Waals surface area contributed by atoms with Crippen LogP contribution in [0.3, 0.4) is 0 Å². The molecule has 1 aromatic heterocycles. The van der Waals surface area contributed by atoms with Crippen molar-refractivity contribution in [2.24, 2.45) is 7.05 Å². The maximum absolute atomic E-state index is 12.8. The largest absolute Gasteiger partial charge is 0.390 e. The lowest BCUT2D eigenvalue weighted by molar-refractivity contribution is -0.0437. The van der Waals surface area contributed by atoms with E-state index in [0.29, 0.717) is 0 Å². The van der Waals surface area contributed by atoms with Gasteiger partial charge >= 0.3 is 0 Å². The van der Waals surface area contributed by atoms with Gasteiger partial charge in [0.15, 0.2) is 5.82 Å². The molecule has 0 aliphatic carbocycles. The van der Waals surface area contributed by atoms with Crippen LogP contribution in [0.4, 0.5) is 14.6 Å². The molecule has 0 amide bonds. The summed E-state index contributed by atoms with van der Waals surface area (Å²) >= 11 is 0. The number of nitrogens with zero attached hydrogens (tertiary/aromatic N) is 2. The van der Waals surface area contributed by atoms with Gasteiger partial charge in [0, 0.05) is 7.05 Å². The number of aromatic nitrogens is 2. The second-order valence-electron chi connectivity index (χ2n) is 3.76. The molecule has 0 aliphatic heterocycles. The average Bonchev–Trinajstić information content (AvgIpc) is 2.51. The predicted molar refractivity (Wildman–Crippen MR) is 59.6 cm³/mol. The Hall–Kier alpha value is -1.26. The first-order chi connectivity index (χ1) is 8.10. The molecular formula is C8H14F2N4O3S. The van der Waals surface area contributed by atoms with Crippen molar-refractivity contribution >= 4 is 15.8 Å². The number of alkyl halides is 2. The molecular weight excluding hydrogens is 270 g/mol. The summed E-state index contributed by atoms with van der Waals surface area (Å²) < 4.78 is 52.1. The van der Waals surface area contributed by atoms with Crippen LogP contribution in [0.5, 0.6) is 0 Å². The number of aryl methyl sites for hydroxylation is 1. The van der Waals surface area contributed by atoms with Gasteiger partial charge in [-0.25, -0.2) is 21.9 Å². The molecule has 1 rings (SSSR count). The van der Waals surface area contributed by atoms with E-state index in [-0.39, 0.29) is 16.4 Å². The van der Waals surface area contributed by atoms with Gasteiger partial charge in [-0.05, 0) is 6.92 Å². The van der Waals surface area contributed by atoms with Crippen LogP contribution in [0.2, 0.25) is 0 Å². The van der Waals surface area contributed by atoms with E-state index in [2.05, 4.69) is 5.10 Å². The van der Waals surface area contributed by atoms with E-state index >= 15 is 0 Å². The van der Waals surface area contributed by atoms with Gasteiger partial charge in [-0.15, -0.1) is 0 Å². The first kappa shape index (κ1) is 14.8. The monoisotopic (exact) mass is 284 g/mol. The van der Waals surface area contributed by atoms with Crippen LogP contribution in [0.1, 0.15) is 5.69 Å². The van der Waals surface area contributed by atoms with Gasteiger partial charge in [0.2, 0.25) is 10.0 Å². The number of nitrogens with two attached hydrogens (primary N) is 1. The minimum Gasteiger partial charge on any atom is -0.390 e. The number of aliphatic hydroxyl groups is 1. The van der Waals surface area contributed by atoms with E-state index in [1.165, 1.54) is 18.7 Å². The Bertz CT molecular complexity index is 541. The number of nitrogen functional groups attached to an aromatic ring is 1. The molecule has 0 aliphatic rings. The molecule has 1 heterocycles.